The average Bonchev–Trinajstić information content (AvgIpc) is 4.14. The highest BCUT2D eigenvalue weighted by Crippen LogP contribution is 2.50. The molecule has 3 fully saturated rings. The number of methoxy groups -OCH3 is 2. The minimum Gasteiger partial charge on any atom is -0.457 e. The number of carbonyl (C=O) groups is 4. The first-order chi connectivity index (χ1) is 30.4. The number of carbonyl (C=O) groups excluding carboxylic acids is 4. The van der Waals surface area contributed by atoms with Crippen LogP contribution in [0.2, 0.25) is 0 Å². The van der Waals surface area contributed by atoms with Crippen LogP contribution in [0.1, 0.15) is 120 Å². The van der Waals surface area contributed by atoms with Crippen LogP contribution in [0.4, 0.5) is 9.59 Å². The van der Waals surface area contributed by atoms with Gasteiger partial charge in [-0.05, 0) is 80.2 Å². The molecule has 1 spiro atoms. The van der Waals surface area contributed by atoms with E-state index in [0.29, 0.717) is 13.1 Å². The number of aromatic amines is 2. The fraction of sp³-hybridized carbons (Fsp3) is 0.500. The number of allylic oxidation sites excluding steroid dienone is 1. The second kappa shape index (κ2) is 18.3. The molecule has 4 atom stereocenters. The van der Waals surface area contributed by atoms with Crippen LogP contribution in [0, 0.1) is 11.8 Å². The Balaban J connectivity index is 0.993. The predicted molar refractivity (Wildman–Crippen MR) is 237 cm³/mol. The summed E-state index contributed by atoms with van der Waals surface area (Å²) in [7, 11) is 2.59. The standard InChI is InChI=1S/C48H60N8O7/c1-28(2)40(53-46(59)61-5)44(57)55-22-10-12-36(55)42-49-26-34(51-42)30-14-16-31(17-15-30)39-25-48(20-8-7-9-21-48)33-24-32(18-19-38(33)63-39)35-27-50-43(52-35)37-13-11-23-56(37)45(58)41(29(3)4)54-47(60)62-6/h14-19,24-29,36-37,40-41H,7-13,20-23H2,1-6H3,(H,49,51)(H,50,52)(H,53,59)(H,54,60)/t36-,37-,40-,41-/m0/s1. The molecule has 63 heavy (non-hydrogen) atoms. The Morgan fingerprint density at radius 3 is 1.70 bits per heavy atom. The van der Waals surface area contributed by atoms with Gasteiger partial charge in [0.15, 0.2) is 0 Å². The van der Waals surface area contributed by atoms with E-state index in [2.05, 4.69) is 69.1 Å². The smallest absolute Gasteiger partial charge is 0.407 e. The fourth-order valence-corrected chi connectivity index (χ4v) is 9.90. The van der Waals surface area contributed by atoms with Gasteiger partial charge in [0.1, 0.15) is 35.2 Å². The largest absolute Gasteiger partial charge is 0.457 e. The van der Waals surface area contributed by atoms with E-state index in [1.807, 2.05) is 49.9 Å². The zero-order chi connectivity index (χ0) is 44.4. The molecule has 2 saturated heterocycles. The summed E-state index contributed by atoms with van der Waals surface area (Å²) in [6.45, 7) is 8.82. The van der Waals surface area contributed by atoms with Crippen molar-refractivity contribution in [3.63, 3.8) is 0 Å². The monoisotopic (exact) mass is 860 g/mol. The Morgan fingerprint density at radius 1 is 0.698 bits per heavy atom. The van der Waals surface area contributed by atoms with Gasteiger partial charge in [-0.25, -0.2) is 19.6 Å². The quantitative estimate of drug-likeness (QED) is 0.116. The number of hydrogen-bond acceptors (Lipinski definition) is 9. The molecule has 4 aliphatic rings. The minimum absolute atomic E-state index is 0.111. The molecule has 0 bridgehead atoms. The van der Waals surface area contributed by atoms with Gasteiger partial charge in [-0.3, -0.25) is 9.59 Å². The van der Waals surface area contributed by atoms with Crippen LogP contribution in [-0.4, -0.2) is 93.1 Å². The highest BCUT2D eigenvalue weighted by molar-refractivity contribution is 5.87. The van der Waals surface area contributed by atoms with Crippen LogP contribution in [0.25, 0.3) is 28.3 Å². The minimum atomic E-state index is -0.697. The van der Waals surface area contributed by atoms with E-state index in [1.54, 1.807) is 0 Å². The predicted octanol–water partition coefficient (Wildman–Crippen LogP) is 8.19. The fourth-order valence-electron chi connectivity index (χ4n) is 9.90. The third-order valence-corrected chi connectivity index (χ3v) is 13.4. The first-order valence-corrected chi connectivity index (χ1v) is 22.5. The number of likely N-dealkylation sites (tertiary alicyclic amines) is 2. The molecule has 0 radical (unpaired) electrons. The lowest BCUT2D eigenvalue weighted by molar-refractivity contribution is -0.136. The first-order valence-electron chi connectivity index (χ1n) is 22.5. The molecule has 15 nitrogen and oxygen atoms in total. The van der Waals surface area contributed by atoms with E-state index >= 15 is 0 Å². The number of ether oxygens (including phenoxy) is 3. The van der Waals surface area contributed by atoms with Crippen molar-refractivity contribution in [1.29, 1.82) is 0 Å². The average molecular weight is 861 g/mol. The molecular formula is C48H60N8O7. The van der Waals surface area contributed by atoms with Crippen LogP contribution in [0.5, 0.6) is 5.75 Å². The molecule has 2 aromatic carbocycles. The molecule has 15 heteroatoms. The first kappa shape index (κ1) is 43.5. The molecule has 3 aliphatic heterocycles. The van der Waals surface area contributed by atoms with Crippen LogP contribution < -0.4 is 15.4 Å². The number of benzene rings is 2. The maximum absolute atomic E-state index is 13.7. The molecule has 4 N–H and O–H groups in total. The second-order valence-corrected chi connectivity index (χ2v) is 18.1. The number of hydrogen-bond donors (Lipinski definition) is 4. The van der Waals surface area contributed by atoms with E-state index in [9.17, 15) is 19.2 Å². The second-order valence-electron chi connectivity index (χ2n) is 18.1. The van der Waals surface area contributed by atoms with Crippen LogP contribution in [0.3, 0.4) is 0 Å². The number of H-pyrrole nitrogens is 2. The number of nitrogens with one attached hydrogen (secondary N) is 4. The number of nitrogens with zero attached hydrogens (tertiary/aromatic N) is 4. The Hall–Kier alpha value is -6.12. The van der Waals surface area contributed by atoms with E-state index < -0.39 is 24.3 Å². The van der Waals surface area contributed by atoms with Gasteiger partial charge in [0.05, 0.1) is 50.1 Å². The van der Waals surface area contributed by atoms with Crippen molar-refractivity contribution in [2.24, 2.45) is 11.8 Å². The zero-order valence-electron chi connectivity index (χ0n) is 37.2. The molecule has 0 unspecified atom stereocenters. The lowest BCUT2D eigenvalue weighted by Gasteiger charge is -2.40. The number of amides is 4. The van der Waals surface area contributed by atoms with E-state index in [-0.39, 0.29) is 41.1 Å². The van der Waals surface area contributed by atoms with Crippen molar-refractivity contribution in [3.8, 4) is 28.3 Å². The van der Waals surface area contributed by atoms with Crippen molar-refractivity contribution >= 4 is 29.8 Å². The summed E-state index contributed by atoms with van der Waals surface area (Å²) >= 11 is 0. The molecular weight excluding hydrogens is 801 g/mol. The summed E-state index contributed by atoms with van der Waals surface area (Å²) in [5.74, 6) is 2.64. The van der Waals surface area contributed by atoms with Crippen LogP contribution in [-0.2, 0) is 24.5 Å². The topological polar surface area (TPSA) is 184 Å². The van der Waals surface area contributed by atoms with E-state index in [4.69, 9.17) is 24.2 Å². The van der Waals surface area contributed by atoms with Crippen molar-refractivity contribution in [2.75, 3.05) is 27.3 Å². The lowest BCUT2D eigenvalue weighted by Crippen LogP contribution is -2.51. The lowest BCUT2D eigenvalue weighted by atomic mass is 9.67. The van der Waals surface area contributed by atoms with Gasteiger partial charge in [-0.2, -0.15) is 0 Å². The number of aromatic nitrogens is 4. The zero-order valence-corrected chi connectivity index (χ0v) is 37.2. The molecule has 4 amide bonds. The Kier molecular flexibility index (Phi) is 12.6. The third-order valence-electron chi connectivity index (χ3n) is 13.4. The maximum atomic E-state index is 13.7. The molecule has 1 saturated carbocycles. The summed E-state index contributed by atoms with van der Waals surface area (Å²) in [6.07, 6.45) is 13.5. The van der Waals surface area contributed by atoms with Crippen molar-refractivity contribution in [2.45, 2.75) is 115 Å². The van der Waals surface area contributed by atoms with Crippen LogP contribution in [0.15, 0.2) is 60.9 Å². The van der Waals surface area contributed by atoms with Crippen LogP contribution >= 0.6 is 0 Å². The molecule has 8 rings (SSSR count). The summed E-state index contributed by atoms with van der Waals surface area (Å²) in [5.41, 5.74) is 5.68. The number of fused-ring (bicyclic) bond motifs is 2. The van der Waals surface area contributed by atoms with Crippen molar-refractivity contribution < 1.29 is 33.4 Å². The maximum Gasteiger partial charge on any atom is 0.407 e. The normalized spacial score (nSPS) is 20.2. The Morgan fingerprint density at radius 2 is 1.19 bits per heavy atom. The number of rotatable bonds is 11. The Bertz CT molecular complexity index is 2340. The van der Waals surface area contributed by atoms with Gasteiger partial charge in [0, 0.05) is 35.2 Å². The van der Waals surface area contributed by atoms with Crippen molar-refractivity contribution in [1.82, 2.24) is 40.4 Å². The molecule has 5 heterocycles. The third kappa shape index (κ3) is 8.79. The van der Waals surface area contributed by atoms with Gasteiger partial charge < -0.3 is 44.6 Å². The van der Waals surface area contributed by atoms with E-state index in [1.165, 1.54) is 26.2 Å². The summed E-state index contributed by atoms with van der Waals surface area (Å²) < 4.78 is 16.3. The van der Waals surface area contributed by atoms with Gasteiger partial charge in [-0.15, -0.1) is 0 Å². The molecule has 2 aromatic heterocycles. The number of imidazole rings is 2. The Labute approximate surface area is 368 Å². The van der Waals surface area contributed by atoms with Gasteiger partial charge >= 0.3 is 12.2 Å². The molecule has 1 aliphatic carbocycles. The summed E-state index contributed by atoms with van der Waals surface area (Å²) in [4.78, 5) is 71.7. The molecule has 334 valence electrons. The van der Waals surface area contributed by atoms with E-state index in [0.717, 1.165) is 103 Å². The summed E-state index contributed by atoms with van der Waals surface area (Å²) in [6, 6.07) is 12.9. The molecule has 4 aromatic rings. The SMILES string of the molecule is COC(=O)N[C@H](C(=O)N1CCC[C@H]1c1ncc(-c2ccc(C3=CC4(CCCCC4)c4cc(-c5cnc([C@@H]6CCCN6C(=O)[C@@H](NC(=O)OC)C(C)C)[nH]5)ccc4O3)cc2)[nH]1)C(C)C. The highest BCUT2D eigenvalue weighted by Gasteiger charge is 2.41. The van der Waals surface area contributed by atoms with Gasteiger partial charge in [0.2, 0.25) is 11.8 Å². The van der Waals surface area contributed by atoms with Crippen molar-refractivity contribution in [3.05, 3.63) is 83.7 Å². The van der Waals surface area contributed by atoms with Gasteiger partial charge in [-0.1, -0.05) is 71.2 Å². The van der Waals surface area contributed by atoms with Gasteiger partial charge in [0.25, 0.3) is 0 Å². The highest BCUT2D eigenvalue weighted by atomic mass is 16.5. The summed E-state index contributed by atoms with van der Waals surface area (Å²) in [5, 5.41) is 5.44. The number of alkyl carbamates (subject to hydrolysis) is 2.